The minimum absolute atomic E-state index is 0.0793. The molecule has 0 atom stereocenters. The van der Waals surface area contributed by atoms with Crippen LogP contribution in [0.2, 0.25) is 0 Å². The Hall–Kier alpha value is -3.35. The van der Waals surface area contributed by atoms with Crippen molar-refractivity contribution in [1.82, 2.24) is 14.5 Å². The predicted octanol–water partition coefficient (Wildman–Crippen LogP) is 3.39. The Morgan fingerprint density at radius 2 is 1.70 bits per heavy atom. The third-order valence-corrected chi connectivity index (χ3v) is 5.49. The maximum Gasteiger partial charge on any atom is 0.321 e. The largest absolute Gasteiger partial charge is 0.348 e. The molecule has 1 saturated heterocycles. The van der Waals surface area contributed by atoms with Crippen LogP contribution in [0.3, 0.4) is 0 Å². The molecule has 2 aromatic carbocycles. The average Bonchev–Trinajstić information content (AvgIpc) is 2.73. The van der Waals surface area contributed by atoms with Gasteiger partial charge in [-0.15, -0.1) is 0 Å². The Kier molecular flexibility index (Phi) is 5.44. The number of hydrogen-bond donors (Lipinski definition) is 1. The van der Waals surface area contributed by atoms with E-state index < -0.39 is 0 Å². The molecule has 2 heterocycles. The minimum atomic E-state index is -0.114. The predicted molar refractivity (Wildman–Crippen MR) is 120 cm³/mol. The summed E-state index contributed by atoms with van der Waals surface area (Å²) in [7, 11) is 0. The molecule has 1 aromatic heterocycles. The van der Waals surface area contributed by atoms with E-state index in [2.05, 4.69) is 16.4 Å². The number of para-hydroxylation sites is 2. The van der Waals surface area contributed by atoms with Crippen molar-refractivity contribution >= 4 is 28.6 Å². The molecule has 0 bridgehead atoms. The highest BCUT2D eigenvalue weighted by Crippen LogP contribution is 2.18. The summed E-state index contributed by atoms with van der Waals surface area (Å²) in [5, 5.41) is 2.99. The van der Waals surface area contributed by atoms with Crippen molar-refractivity contribution in [2.45, 2.75) is 27.3 Å². The summed E-state index contributed by atoms with van der Waals surface area (Å²) in [6, 6.07) is 13.6. The third-order valence-electron chi connectivity index (χ3n) is 5.49. The van der Waals surface area contributed by atoms with Gasteiger partial charge in [0.1, 0.15) is 0 Å². The van der Waals surface area contributed by atoms with Crippen LogP contribution in [0, 0.1) is 13.8 Å². The van der Waals surface area contributed by atoms with Crippen LogP contribution in [0.15, 0.2) is 47.3 Å². The van der Waals surface area contributed by atoms with Gasteiger partial charge in [-0.3, -0.25) is 4.79 Å². The maximum atomic E-state index is 13.0. The Morgan fingerprint density at radius 3 is 2.37 bits per heavy atom. The van der Waals surface area contributed by atoms with Gasteiger partial charge in [-0.2, -0.15) is 0 Å². The van der Waals surface area contributed by atoms with Crippen molar-refractivity contribution in [2.24, 2.45) is 0 Å². The first-order valence-electron chi connectivity index (χ1n) is 10.3. The summed E-state index contributed by atoms with van der Waals surface area (Å²) in [6.07, 6.45) is 0. The second-order valence-corrected chi connectivity index (χ2v) is 7.75. The van der Waals surface area contributed by atoms with Gasteiger partial charge < -0.3 is 19.7 Å². The number of urea groups is 1. The Balaban J connectivity index is 1.49. The SMILES string of the molecule is CCn1c(=O)c(N2CCN(C(=O)Nc3cc(C)cc(C)c3)CC2)nc2ccccc21. The number of nitrogens with one attached hydrogen (secondary N) is 1. The molecule has 1 fully saturated rings. The first-order valence-corrected chi connectivity index (χ1v) is 10.3. The summed E-state index contributed by atoms with van der Waals surface area (Å²) < 4.78 is 1.76. The van der Waals surface area contributed by atoms with Gasteiger partial charge in [0.05, 0.1) is 11.0 Å². The van der Waals surface area contributed by atoms with Crippen LogP contribution in [-0.4, -0.2) is 46.7 Å². The summed E-state index contributed by atoms with van der Waals surface area (Å²) in [4.78, 5) is 34.1. The van der Waals surface area contributed by atoms with Crippen molar-refractivity contribution in [3.8, 4) is 0 Å². The first-order chi connectivity index (χ1) is 14.5. The van der Waals surface area contributed by atoms with E-state index in [-0.39, 0.29) is 11.6 Å². The molecule has 0 unspecified atom stereocenters. The van der Waals surface area contributed by atoms with E-state index >= 15 is 0 Å². The van der Waals surface area contributed by atoms with Crippen LogP contribution in [0.1, 0.15) is 18.1 Å². The number of fused-ring (bicyclic) bond motifs is 1. The van der Waals surface area contributed by atoms with Gasteiger partial charge in [-0.25, -0.2) is 9.78 Å². The molecule has 2 amide bonds. The summed E-state index contributed by atoms with van der Waals surface area (Å²) >= 11 is 0. The van der Waals surface area contributed by atoms with Crippen molar-refractivity contribution in [3.63, 3.8) is 0 Å². The molecule has 0 spiro atoms. The van der Waals surface area contributed by atoms with Gasteiger partial charge >= 0.3 is 6.03 Å². The lowest BCUT2D eigenvalue weighted by atomic mass is 10.1. The number of benzene rings is 2. The van der Waals surface area contributed by atoms with Crippen LogP contribution >= 0.6 is 0 Å². The van der Waals surface area contributed by atoms with Crippen molar-refractivity contribution in [2.75, 3.05) is 36.4 Å². The number of hydrogen-bond acceptors (Lipinski definition) is 4. The van der Waals surface area contributed by atoms with Crippen molar-refractivity contribution in [1.29, 1.82) is 0 Å². The highest BCUT2D eigenvalue weighted by molar-refractivity contribution is 5.89. The number of rotatable bonds is 3. The Morgan fingerprint density at radius 1 is 1.03 bits per heavy atom. The number of aryl methyl sites for hydroxylation is 3. The lowest BCUT2D eigenvalue weighted by molar-refractivity contribution is 0.208. The van der Waals surface area contributed by atoms with Crippen LogP contribution in [0.5, 0.6) is 0 Å². The van der Waals surface area contributed by atoms with E-state index in [4.69, 9.17) is 0 Å². The van der Waals surface area contributed by atoms with E-state index in [1.165, 1.54) is 0 Å². The molecule has 7 nitrogen and oxygen atoms in total. The second kappa shape index (κ2) is 8.18. The zero-order chi connectivity index (χ0) is 21.3. The molecule has 0 aliphatic carbocycles. The molecule has 0 radical (unpaired) electrons. The molecule has 7 heteroatoms. The normalized spacial score (nSPS) is 14.2. The van der Waals surface area contributed by atoms with Gasteiger partial charge in [0.25, 0.3) is 5.56 Å². The molecule has 4 rings (SSSR count). The fourth-order valence-corrected chi connectivity index (χ4v) is 4.07. The number of amides is 2. The van der Waals surface area contributed by atoms with Gasteiger partial charge in [0.2, 0.25) is 0 Å². The molecule has 156 valence electrons. The molecule has 0 saturated carbocycles. The smallest absolute Gasteiger partial charge is 0.321 e. The quantitative estimate of drug-likeness (QED) is 0.725. The lowest BCUT2D eigenvalue weighted by Crippen LogP contribution is -2.51. The number of carbonyl (C=O) groups excluding carboxylic acids is 1. The first kappa shape index (κ1) is 19.9. The summed E-state index contributed by atoms with van der Waals surface area (Å²) in [6.45, 7) is 8.81. The van der Waals surface area contributed by atoms with E-state index in [1.54, 1.807) is 9.47 Å². The molecular formula is C23H27N5O2. The Bertz CT molecular complexity index is 1130. The molecule has 1 aliphatic heterocycles. The fourth-order valence-electron chi connectivity index (χ4n) is 4.07. The number of nitrogens with zero attached hydrogens (tertiary/aromatic N) is 4. The van der Waals surface area contributed by atoms with Crippen molar-refractivity contribution in [3.05, 3.63) is 63.9 Å². The molecule has 3 aromatic rings. The van der Waals surface area contributed by atoms with E-state index in [9.17, 15) is 9.59 Å². The highest BCUT2D eigenvalue weighted by atomic mass is 16.2. The van der Waals surface area contributed by atoms with Gasteiger partial charge in [0.15, 0.2) is 5.82 Å². The van der Waals surface area contributed by atoms with Crippen LogP contribution in [0.4, 0.5) is 16.3 Å². The number of anilines is 2. The maximum absolute atomic E-state index is 13.0. The summed E-state index contributed by atoms with van der Waals surface area (Å²) in [5.74, 6) is 0.463. The van der Waals surface area contributed by atoms with Gasteiger partial charge in [-0.1, -0.05) is 18.2 Å². The minimum Gasteiger partial charge on any atom is -0.348 e. The number of carbonyl (C=O) groups is 1. The third kappa shape index (κ3) is 3.87. The van der Waals surface area contributed by atoms with Gasteiger partial charge in [-0.05, 0) is 56.2 Å². The van der Waals surface area contributed by atoms with E-state index in [0.29, 0.717) is 38.5 Å². The van der Waals surface area contributed by atoms with Crippen molar-refractivity contribution < 1.29 is 4.79 Å². The average molecular weight is 406 g/mol. The topological polar surface area (TPSA) is 70.5 Å². The standard InChI is InChI=1S/C23H27N5O2/c1-4-28-20-8-6-5-7-19(20)25-21(22(28)29)26-9-11-27(12-10-26)23(30)24-18-14-16(2)13-17(3)15-18/h5-8,13-15H,4,9-12H2,1-3H3,(H,24,30). The summed E-state index contributed by atoms with van der Waals surface area (Å²) in [5.41, 5.74) is 4.62. The number of piperazine rings is 1. The zero-order valence-corrected chi connectivity index (χ0v) is 17.7. The highest BCUT2D eigenvalue weighted by Gasteiger charge is 2.24. The molecule has 1 N–H and O–H groups in total. The second-order valence-electron chi connectivity index (χ2n) is 7.75. The molecule has 30 heavy (non-hydrogen) atoms. The molecular weight excluding hydrogens is 378 g/mol. The zero-order valence-electron chi connectivity index (χ0n) is 17.7. The van der Waals surface area contributed by atoms with Gasteiger partial charge in [0, 0.05) is 38.4 Å². The number of aromatic nitrogens is 2. The lowest BCUT2D eigenvalue weighted by Gasteiger charge is -2.35. The fraction of sp³-hybridized carbons (Fsp3) is 0.348. The Labute approximate surface area is 175 Å². The van der Waals surface area contributed by atoms with Crippen LogP contribution < -0.4 is 15.8 Å². The van der Waals surface area contributed by atoms with E-state index in [1.807, 2.05) is 62.1 Å². The monoisotopic (exact) mass is 405 g/mol. The van der Waals surface area contributed by atoms with E-state index in [0.717, 1.165) is 27.8 Å². The van der Waals surface area contributed by atoms with Crippen LogP contribution in [0.25, 0.3) is 11.0 Å². The molecule has 1 aliphatic rings. The van der Waals surface area contributed by atoms with Crippen LogP contribution in [-0.2, 0) is 6.54 Å².